The first kappa shape index (κ1) is 14.6. The number of hydrogen-bond acceptors (Lipinski definition) is 3. The minimum Gasteiger partial charge on any atom is -0.477 e. The molecule has 0 aliphatic carbocycles. The maximum atomic E-state index is 13.0. The maximum absolute atomic E-state index is 13.0. The number of hydrogen-bond donors (Lipinski definition) is 2. The summed E-state index contributed by atoms with van der Waals surface area (Å²) in [4.78, 5) is 18.9. The summed E-state index contributed by atoms with van der Waals surface area (Å²) < 4.78 is 13.0. The lowest BCUT2D eigenvalue weighted by molar-refractivity contribution is 0.0702. The van der Waals surface area contributed by atoms with Gasteiger partial charge in [0.2, 0.25) is 0 Å². The van der Waals surface area contributed by atoms with Crippen molar-refractivity contribution in [2.45, 2.75) is 0 Å². The topological polar surface area (TPSA) is 66.0 Å². The number of nitrogens with one attached hydrogen (secondary N) is 1. The second-order valence-electron chi connectivity index (χ2n) is 5.36. The number of nitrogens with zero attached hydrogens (tertiary/aromatic N) is 1. The van der Waals surface area contributed by atoms with Gasteiger partial charge in [0.25, 0.3) is 0 Å². The van der Waals surface area contributed by atoms with Crippen LogP contribution in [0.15, 0.2) is 54.0 Å². The lowest BCUT2D eigenvalue weighted by Crippen LogP contribution is -1.90. The van der Waals surface area contributed by atoms with Crippen molar-refractivity contribution < 1.29 is 14.3 Å². The molecule has 3 heterocycles. The Labute approximate surface area is 140 Å². The van der Waals surface area contributed by atoms with Crippen LogP contribution in [-0.4, -0.2) is 21.0 Å². The molecular weight excluding hydrogens is 327 g/mol. The summed E-state index contributed by atoms with van der Waals surface area (Å²) in [6.45, 7) is 0. The van der Waals surface area contributed by atoms with Crippen LogP contribution in [0.5, 0.6) is 0 Å². The first-order chi connectivity index (χ1) is 11.6. The fraction of sp³-hybridized carbons (Fsp3) is 0. The normalized spacial score (nSPS) is 11.0. The molecule has 2 N–H and O–H groups in total. The van der Waals surface area contributed by atoms with Crippen molar-refractivity contribution in [3.63, 3.8) is 0 Å². The molecule has 1 aromatic carbocycles. The number of fused-ring (bicyclic) bond motifs is 1. The third-order valence-corrected chi connectivity index (χ3v) is 4.69. The van der Waals surface area contributed by atoms with E-state index in [-0.39, 0.29) is 5.82 Å². The van der Waals surface area contributed by atoms with Crippen LogP contribution >= 0.6 is 11.3 Å². The maximum Gasteiger partial charge on any atom is 0.345 e. The molecule has 0 amide bonds. The predicted octanol–water partition coefficient (Wildman–Crippen LogP) is 4.80. The third-order valence-electron chi connectivity index (χ3n) is 3.77. The first-order valence-electron chi connectivity index (χ1n) is 7.17. The molecule has 0 bridgehead atoms. The highest BCUT2D eigenvalue weighted by Crippen LogP contribution is 2.29. The van der Waals surface area contributed by atoms with Gasteiger partial charge >= 0.3 is 5.97 Å². The molecule has 24 heavy (non-hydrogen) atoms. The molecule has 0 spiro atoms. The minimum absolute atomic E-state index is 0.276. The molecule has 4 nitrogen and oxygen atoms in total. The van der Waals surface area contributed by atoms with Crippen molar-refractivity contribution >= 4 is 28.3 Å². The van der Waals surface area contributed by atoms with Gasteiger partial charge in [-0.2, -0.15) is 0 Å². The van der Waals surface area contributed by atoms with Crippen LogP contribution in [0.3, 0.4) is 0 Å². The molecule has 4 rings (SSSR count). The van der Waals surface area contributed by atoms with E-state index in [1.54, 1.807) is 29.8 Å². The van der Waals surface area contributed by atoms with Crippen molar-refractivity contribution in [1.29, 1.82) is 0 Å². The molecule has 0 unspecified atom stereocenters. The Bertz CT molecular complexity index is 1050. The van der Waals surface area contributed by atoms with Crippen LogP contribution in [-0.2, 0) is 0 Å². The van der Waals surface area contributed by atoms with Gasteiger partial charge in [-0.25, -0.2) is 14.2 Å². The van der Waals surface area contributed by atoms with Crippen molar-refractivity contribution in [2.24, 2.45) is 0 Å². The zero-order valence-corrected chi connectivity index (χ0v) is 13.1. The SMILES string of the molecule is O=C(O)c1cc(-c2cnc3[nH]c(-c4ccc(F)cc4)cc3c2)cs1. The first-order valence-corrected chi connectivity index (χ1v) is 8.05. The Morgan fingerprint density at radius 2 is 1.88 bits per heavy atom. The molecule has 0 saturated carbocycles. The van der Waals surface area contributed by atoms with Crippen molar-refractivity contribution in [2.75, 3.05) is 0 Å². The van der Waals surface area contributed by atoms with E-state index in [1.807, 2.05) is 12.1 Å². The number of carboxylic acids is 1. The van der Waals surface area contributed by atoms with Crippen molar-refractivity contribution in [3.8, 4) is 22.4 Å². The molecule has 0 radical (unpaired) electrons. The number of carbonyl (C=O) groups is 1. The summed E-state index contributed by atoms with van der Waals surface area (Å²) in [7, 11) is 0. The Hall–Kier alpha value is -2.99. The molecule has 4 aromatic rings. The van der Waals surface area contributed by atoms with Crippen molar-refractivity contribution in [1.82, 2.24) is 9.97 Å². The minimum atomic E-state index is -0.930. The van der Waals surface area contributed by atoms with Crippen LogP contribution in [0.2, 0.25) is 0 Å². The van der Waals surface area contributed by atoms with Gasteiger partial charge in [-0.1, -0.05) is 0 Å². The van der Waals surface area contributed by atoms with Gasteiger partial charge in [-0.15, -0.1) is 11.3 Å². The number of aromatic nitrogens is 2. The number of aromatic amines is 1. The van der Waals surface area contributed by atoms with Crippen LogP contribution < -0.4 is 0 Å². The molecule has 0 atom stereocenters. The smallest absolute Gasteiger partial charge is 0.345 e. The molecule has 6 heteroatoms. The van der Waals surface area contributed by atoms with E-state index < -0.39 is 5.97 Å². The molecule has 0 saturated heterocycles. The number of pyridine rings is 1. The standard InChI is InChI=1S/C18H11FN2O2S/c19-14-3-1-10(2-4-14)15-6-11-5-12(8-20-17(11)21-15)13-7-16(18(22)23)24-9-13/h1-9H,(H,20,21)(H,22,23). The summed E-state index contributed by atoms with van der Waals surface area (Å²) in [6.07, 6.45) is 1.71. The molecule has 0 aliphatic rings. The average molecular weight is 338 g/mol. The van der Waals surface area contributed by atoms with Gasteiger partial charge in [0.05, 0.1) is 0 Å². The Morgan fingerprint density at radius 1 is 1.08 bits per heavy atom. The largest absolute Gasteiger partial charge is 0.477 e. The second-order valence-corrected chi connectivity index (χ2v) is 6.27. The van der Waals surface area contributed by atoms with Crippen LogP contribution in [0.1, 0.15) is 9.67 Å². The summed E-state index contributed by atoms with van der Waals surface area (Å²) in [5.74, 6) is -1.21. The molecule has 118 valence electrons. The molecule has 0 aliphatic heterocycles. The zero-order chi connectivity index (χ0) is 16.7. The fourth-order valence-electron chi connectivity index (χ4n) is 2.56. The zero-order valence-electron chi connectivity index (χ0n) is 12.3. The summed E-state index contributed by atoms with van der Waals surface area (Å²) in [5.41, 5.74) is 4.14. The molecule has 3 aromatic heterocycles. The summed E-state index contributed by atoms with van der Waals surface area (Å²) in [5, 5.41) is 11.7. The average Bonchev–Trinajstić information content (AvgIpc) is 3.22. The van der Waals surface area contributed by atoms with E-state index in [1.165, 1.54) is 23.5 Å². The van der Waals surface area contributed by atoms with E-state index in [9.17, 15) is 9.18 Å². The van der Waals surface area contributed by atoms with Gasteiger partial charge in [0, 0.05) is 22.8 Å². The van der Waals surface area contributed by atoms with Crippen LogP contribution in [0, 0.1) is 5.82 Å². The van der Waals surface area contributed by atoms with E-state index in [4.69, 9.17) is 5.11 Å². The van der Waals surface area contributed by atoms with Gasteiger partial charge in [0.15, 0.2) is 0 Å². The summed E-state index contributed by atoms with van der Waals surface area (Å²) >= 11 is 1.19. The van der Waals surface area contributed by atoms with Crippen LogP contribution in [0.25, 0.3) is 33.4 Å². The van der Waals surface area contributed by atoms with Crippen molar-refractivity contribution in [3.05, 3.63) is 64.7 Å². The highest BCUT2D eigenvalue weighted by molar-refractivity contribution is 7.12. The lowest BCUT2D eigenvalue weighted by atomic mass is 10.1. The number of rotatable bonds is 3. The Kier molecular flexibility index (Phi) is 3.39. The number of thiophene rings is 1. The van der Waals surface area contributed by atoms with Gasteiger partial charge < -0.3 is 10.1 Å². The highest BCUT2D eigenvalue weighted by atomic mass is 32.1. The number of benzene rings is 1. The third kappa shape index (κ3) is 2.57. The van der Waals surface area contributed by atoms with E-state index in [2.05, 4.69) is 9.97 Å². The molecular formula is C18H11FN2O2S. The van der Waals surface area contributed by atoms with Crippen LogP contribution in [0.4, 0.5) is 4.39 Å². The highest BCUT2D eigenvalue weighted by Gasteiger charge is 2.10. The van der Waals surface area contributed by atoms with E-state index in [0.29, 0.717) is 4.88 Å². The van der Waals surface area contributed by atoms with Gasteiger partial charge in [-0.3, -0.25) is 0 Å². The Balaban J connectivity index is 1.75. The Morgan fingerprint density at radius 3 is 2.58 bits per heavy atom. The van der Waals surface area contributed by atoms with Gasteiger partial charge in [0.1, 0.15) is 16.3 Å². The van der Waals surface area contributed by atoms with Gasteiger partial charge in [-0.05, 0) is 59.0 Å². The number of H-pyrrole nitrogens is 1. The quantitative estimate of drug-likeness (QED) is 0.564. The lowest BCUT2D eigenvalue weighted by Gasteiger charge is -1.97. The number of carboxylic acid groups (broad SMARTS) is 1. The monoisotopic (exact) mass is 338 g/mol. The molecule has 0 fully saturated rings. The summed E-state index contributed by atoms with van der Waals surface area (Å²) in [6, 6.07) is 11.8. The predicted molar refractivity (Wildman–Crippen MR) is 91.8 cm³/mol. The second kappa shape index (κ2) is 5.58. The fourth-order valence-corrected chi connectivity index (χ4v) is 3.31. The number of halogens is 1. The van der Waals surface area contributed by atoms with E-state index in [0.717, 1.165) is 33.4 Å². The number of aromatic carboxylic acids is 1. The van der Waals surface area contributed by atoms with E-state index >= 15 is 0 Å².